The highest BCUT2D eigenvalue weighted by atomic mass is 16.1. The molecule has 2 aliphatic heterocycles. The fourth-order valence-electron chi connectivity index (χ4n) is 5.75. The Kier molecular flexibility index (Phi) is 4.51. The molecule has 3 heterocycles. The van der Waals surface area contributed by atoms with Crippen molar-refractivity contribution in [2.45, 2.75) is 50.1 Å². The summed E-state index contributed by atoms with van der Waals surface area (Å²) in [5, 5.41) is 8.26. The fraction of sp³-hybridized carbons (Fsp3) is 0.407. The van der Waals surface area contributed by atoms with Gasteiger partial charge in [0.05, 0.1) is 11.1 Å². The minimum atomic E-state index is -0.284. The van der Waals surface area contributed by atoms with Gasteiger partial charge in [-0.2, -0.15) is 0 Å². The van der Waals surface area contributed by atoms with Crippen LogP contribution in [-0.4, -0.2) is 36.1 Å². The summed E-state index contributed by atoms with van der Waals surface area (Å²) in [5.74, 6) is 0.0237. The number of benzene rings is 2. The van der Waals surface area contributed by atoms with Crippen molar-refractivity contribution in [1.29, 1.82) is 0 Å². The highest BCUT2D eigenvalue weighted by molar-refractivity contribution is 5.98. The zero-order valence-electron chi connectivity index (χ0n) is 18.7. The van der Waals surface area contributed by atoms with Gasteiger partial charge in [-0.05, 0) is 81.0 Å². The first-order valence-corrected chi connectivity index (χ1v) is 11.9. The molecule has 1 unspecified atom stereocenters. The van der Waals surface area contributed by atoms with Gasteiger partial charge in [0, 0.05) is 41.5 Å². The van der Waals surface area contributed by atoms with Crippen LogP contribution in [0.25, 0.3) is 10.9 Å². The topological polar surface area (TPSA) is 57.3 Å². The molecule has 6 rings (SSSR count). The van der Waals surface area contributed by atoms with E-state index in [1.165, 1.54) is 24.8 Å². The van der Waals surface area contributed by atoms with Gasteiger partial charge < -0.3 is 15.5 Å². The summed E-state index contributed by atoms with van der Waals surface area (Å²) >= 11 is 0. The summed E-state index contributed by atoms with van der Waals surface area (Å²) in [6.07, 6.45) is 7.49. The lowest BCUT2D eigenvalue weighted by Crippen LogP contribution is -2.42. The molecule has 5 heteroatoms. The number of pyridine rings is 1. The van der Waals surface area contributed by atoms with Gasteiger partial charge in [-0.1, -0.05) is 24.3 Å². The first kappa shape index (κ1) is 19.7. The maximum atomic E-state index is 13.5. The van der Waals surface area contributed by atoms with Gasteiger partial charge >= 0.3 is 0 Å². The molecule has 1 spiro atoms. The van der Waals surface area contributed by atoms with E-state index in [9.17, 15) is 4.79 Å². The van der Waals surface area contributed by atoms with Gasteiger partial charge in [-0.15, -0.1) is 0 Å². The number of anilines is 1. The van der Waals surface area contributed by atoms with Gasteiger partial charge in [0.2, 0.25) is 0 Å². The predicted molar refractivity (Wildman–Crippen MR) is 128 cm³/mol. The molecule has 5 nitrogen and oxygen atoms in total. The molecule has 164 valence electrons. The molecule has 2 saturated heterocycles. The van der Waals surface area contributed by atoms with Crippen LogP contribution >= 0.6 is 0 Å². The second-order valence-corrected chi connectivity index (χ2v) is 9.89. The van der Waals surface area contributed by atoms with Crippen LogP contribution in [0.2, 0.25) is 0 Å². The molecule has 3 aromatic rings. The maximum Gasteiger partial charge on any atom is 0.252 e. The van der Waals surface area contributed by atoms with Crippen LogP contribution < -0.4 is 15.5 Å². The van der Waals surface area contributed by atoms with E-state index < -0.39 is 0 Å². The molecule has 2 aromatic carbocycles. The lowest BCUT2D eigenvalue weighted by molar-refractivity contribution is 0.0930. The summed E-state index contributed by atoms with van der Waals surface area (Å²) in [7, 11) is 0. The van der Waals surface area contributed by atoms with E-state index in [1.807, 2.05) is 31.3 Å². The fourth-order valence-corrected chi connectivity index (χ4v) is 5.75. The number of rotatable bonds is 4. The van der Waals surface area contributed by atoms with Crippen molar-refractivity contribution in [3.05, 3.63) is 71.4 Å². The molecule has 1 atom stereocenters. The third-order valence-electron chi connectivity index (χ3n) is 7.78. The van der Waals surface area contributed by atoms with Crippen LogP contribution in [0.1, 0.15) is 53.6 Å². The van der Waals surface area contributed by atoms with E-state index in [-0.39, 0.29) is 17.0 Å². The van der Waals surface area contributed by atoms with Gasteiger partial charge in [-0.25, -0.2) is 0 Å². The maximum absolute atomic E-state index is 13.5. The second-order valence-electron chi connectivity index (χ2n) is 9.89. The molecule has 32 heavy (non-hydrogen) atoms. The van der Waals surface area contributed by atoms with Gasteiger partial charge in [0.1, 0.15) is 0 Å². The highest BCUT2D eigenvalue weighted by Gasteiger charge is 2.47. The van der Waals surface area contributed by atoms with Gasteiger partial charge in [0.15, 0.2) is 0 Å². The number of carbonyl (C=O) groups is 1. The quantitative estimate of drug-likeness (QED) is 0.653. The summed E-state index contributed by atoms with van der Waals surface area (Å²) in [5.41, 5.74) is 5.11. The van der Waals surface area contributed by atoms with Gasteiger partial charge in [0.25, 0.3) is 5.91 Å². The third kappa shape index (κ3) is 3.27. The zero-order valence-corrected chi connectivity index (χ0v) is 18.7. The van der Waals surface area contributed by atoms with E-state index >= 15 is 0 Å². The van der Waals surface area contributed by atoms with Crippen molar-refractivity contribution in [3.63, 3.8) is 0 Å². The molecule has 1 aliphatic carbocycles. The monoisotopic (exact) mass is 426 g/mol. The number of nitrogens with one attached hydrogen (secondary N) is 2. The van der Waals surface area contributed by atoms with Gasteiger partial charge in [-0.3, -0.25) is 9.78 Å². The normalized spacial score (nSPS) is 23.7. The number of aromatic nitrogens is 1. The van der Waals surface area contributed by atoms with E-state index in [0.29, 0.717) is 0 Å². The van der Waals surface area contributed by atoms with E-state index in [1.54, 1.807) is 0 Å². The van der Waals surface area contributed by atoms with E-state index in [0.717, 1.165) is 60.2 Å². The second kappa shape index (κ2) is 7.31. The van der Waals surface area contributed by atoms with Crippen LogP contribution in [0.4, 0.5) is 5.69 Å². The van der Waals surface area contributed by atoms with Crippen molar-refractivity contribution in [1.82, 2.24) is 15.6 Å². The summed E-state index contributed by atoms with van der Waals surface area (Å²) < 4.78 is 0. The van der Waals surface area contributed by atoms with Crippen LogP contribution in [0.15, 0.2) is 54.7 Å². The molecule has 0 bridgehead atoms. The Labute approximate surface area is 189 Å². The standard InChI is InChI=1S/C27H30N4O/c1-19-7-8-20(31-16-13-26(18-31)10-4-14-29-26)17-22(19)25(32)30-27(11-12-27)23-9-15-28-24-6-3-2-5-21(23)24/h2-3,5-9,15,17,29H,4,10-14,16,18H2,1H3,(H,30,32). The molecular formula is C27H30N4O. The van der Waals surface area contributed by atoms with Crippen molar-refractivity contribution in [2.75, 3.05) is 24.5 Å². The van der Waals surface area contributed by atoms with Crippen LogP contribution in [0.5, 0.6) is 0 Å². The number of amides is 1. The number of para-hydroxylation sites is 1. The molecule has 3 aliphatic rings. The van der Waals surface area contributed by atoms with Crippen LogP contribution in [0.3, 0.4) is 0 Å². The lowest BCUT2D eigenvalue weighted by Gasteiger charge is -2.26. The Hall–Kier alpha value is -2.92. The smallest absolute Gasteiger partial charge is 0.252 e. The number of carbonyl (C=O) groups excluding carboxylic acids is 1. The lowest BCUT2D eigenvalue weighted by atomic mass is 9.97. The molecule has 2 N–H and O–H groups in total. The summed E-state index contributed by atoms with van der Waals surface area (Å²) in [6.45, 7) is 5.24. The largest absolute Gasteiger partial charge is 0.370 e. The minimum Gasteiger partial charge on any atom is -0.370 e. The van der Waals surface area contributed by atoms with Crippen molar-refractivity contribution >= 4 is 22.5 Å². The number of hydrogen-bond acceptors (Lipinski definition) is 4. The average molecular weight is 427 g/mol. The Morgan fingerprint density at radius 1 is 1.09 bits per heavy atom. The average Bonchev–Trinajstić information content (AvgIpc) is 3.25. The summed E-state index contributed by atoms with van der Waals surface area (Å²) in [4.78, 5) is 20.4. The number of fused-ring (bicyclic) bond motifs is 1. The Balaban J connectivity index is 1.27. The highest BCUT2D eigenvalue weighted by Crippen LogP contribution is 2.48. The Morgan fingerprint density at radius 2 is 1.97 bits per heavy atom. The predicted octanol–water partition coefficient (Wildman–Crippen LogP) is 4.29. The molecular weight excluding hydrogens is 396 g/mol. The molecule has 3 fully saturated rings. The molecule has 1 aromatic heterocycles. The molecule has 1 amide bonds. The first-order chi connectivity index (χ1) is 15.6. The van der Waals surface area contributed by atoms with E-state index in [4.69, 9.17) is 0 Å². The van der Waals surface area contributed by atoms with Crippen molar-refractivity contribution in [2.24, 2.45) is 0 Å². The van der Waals surface area contributed by atoms with Crippen LogP contribution in [-0.2, 0) is 5.54 Å². The number of nitrogens with zero attached hydrogens (tertiary/aromatic N) is 2. The summed E-state index contributed by atoms with van der Waals surface area (Å²) in [6, 6.07) is 16.6. The zero-order chi connectivity index (χ0) is 21.8. The van der Waals surface area contributed by atoms with E-state index in [2.05, 4.69) is 50.8 Å². The Morgan fingerprint density at radius 3 is 2.78 bits per heavy atom. The van der Waals surface area contributed by atoms with Crippen molar-refractivity contribution < 1.29 is 4.79 Å². The first-order valence-electron chi connectivity index (χ1n) is 11.9. The minimum absolute atomic E-state index is 0.0237. The SMILES string of the molecule is Cc1ccc(N2CCC3(CCCN3)C2)cc1C(=O)NC1(c2ccnc3ccccc23)CC1. The molecule has 1 saturated carbocycles. The third-order valence-corrected chi connectivity index (χ3v) is 7.78. The molecule has 0 radical (unpaired) electrons. The number of aryl methyl sites for hydroxylation is 1. The van der Waals surface area contributed by atoms with Crippen LogP contribution in [0, 0.1) is 6.92 Å². The number of hydrogen-bond donors (Lipinski definition) is 2. The van der Waals surface area contributed by atoms with Crippen molar-refractivity contribution in [3.8, 4) is 0 Å². The Bertz CT molecular complexity index is 1190.